The highest BCUT2D eigenvalue weighted by atomic mass is 16.6. The number of carbonyl (C=O) groups is 1. The summed E-state index contributed by atoms with van der Waals surface area (Å²) >= 11 is 0. The second-order valence-electron chi connectivity index (χ2n) is 6.56. The molecule has 1 amide bonds. The Morgan fingerprint density at radius 1 is 1.17 bits per heavy atom. The zero-order valence-electron chi connectivity index (χ0n) is 13.5. The molecular formula is C19H21NO4. The Kier molecular flexibility index (Phi) is 4.02. The number of piperidine rings is 1. The van der Waals surface area contributed by atoms with E-state index in [1.165, 1.54) is 12.5 Å². The van der Waals surface area contributed by atoms with Crippen LogP contribution in [0, 0.1) is 0 Å². The molecule has 2 aliphatic heterocycles. The molecule has 2 saturated heterocycles. The van der Waals surface area contributed by atoms with Gasteiger partial charge in [-0.15, -0.1) is 0 Å². The first kappa shape index (κ1) is 15.3. The van der Waals surface area contributed by atoms with Crippen LogP contribution in [0.15, 0.2) is 53.3 Å². The summed E-state index contributed by atoms with van der Waals surface area (Å²) in [7, 11) is 0. The summed E-state index contributed by atoms with van der Waals surface area (Å²) in [4.78, 5) is 14.2. The summed E-state index contributed by atoms with van der Waals surface area (Å²) < 4.78 is 17.1. The normalized spacial score (nSPS) is 22.7. The van der Waals surface area contributed by atoms with Crippen LogP contribution in [-0.2, 0) is 4.74 Å². The fraction of sp³-hybridized carbons (Fsp3) is 0.421. The molecule has 0 bridgehead atoms. The maximum Gasteiger partial charge on any atom is 0.257 e. The molecule has 1 atom stereocenters. The predicted molar refractivity (Wildman–Crippen MR) is 88.0 cm³/mol. The van der Waals surface area contributed by atoms with Crippen LogP contribution in [0.2, 0.25) is 0 Å². The van der Waals surface area contributed by atoms with Gasteiger partial charge in [0, 0.05) is 19.5 Å². The van der Waals surface area contributed by atoms with Crippen molar-refractivity contribution in [1.82, 2.24) is 4.90 Å². The number of likely N-dealkylation sites (tertiary alicyclic amines) is 1. The van der Waals surface area contributed by atoms with Gasteiger partial charge in [0.1, 0.15) is 18.1 Å². The number of para-hydroxylation sites is 1. The third-order valence-corrected chi connectivity index (χ3v) is 4.95. The number of furan rings is 1. The second kappa shape index (κ2) is 6.32. The molecule has 3 heterocycles. The molecule has 5 heteroatoms. The Labute approximate surface area is 141 Å². The summed E-state index contributed by atoms with van der Waals surface area (Å²) in [6.07, 6.45) is 5.71. The van der Waals surface area contributed by atoms with Gasteiger partial charge in [-0.2, -0.15) is 0 Å². The summed E-state index contributed by atoms with van der Waals surface area (Å²) in [5, 5.41) is 0. The van der Waals surface area contributed by atoms with Gasteiger partial charge < -0.3 is 18.8 Å². The Balaban J connectivity index is 1.33. The third kappa shape index (κ3) is 3.04. The Hall–Kier alpha value is -2.27. The zero-order valence-corrected chi connectivity index (χ0v) is 13.5. The van der Waals surface area contributed by atoms with Gasteiger partial charge in [0.25, 0.3) is 5.91 Å². The predicted octanol–water partition coefficient (Wildman–Crippen LogP) is 3.12. The van der Waals surface area contributed by atoms with Crippen LogP contribution in [0.3, 0.4) is 0 Å². The Bertz CT molecular complexity index is 675. The maximum atomic E-state index is 12.4. The number of rotatable bonds is 3. The highest BCUT2D eigenvalue weighted by Gasteiger charge is 2.44. The number of nitrogens with zero attached hydrogens (tertiary/aromatic N) is 1. The molecule has 2 fully saturated rings. The van der Waals surface area contributed by atoms with Gasteiger partial charge in [0.2, 0.25) is 0 Å². The van der Waals surface area contributed by atoms with Crippen molar-refractivity contribution in [3.8, 4) is 5.75 Å². The van der Waals surface area contributed by atoms with Gasteiger partial charge in [-0.05, 0) is 31.0 Å². The van der Waals surface area contributed by atoms with Crippen LogP contribution in [0.5, 0.6) is 5.75 Å². The Morgan fingerprint density at radius 3 is 2.67 bits per heavy atom. The van der Waals surface area contributed by atoms with Gasteiger partial charge in [0.15, 0.2) is 0 Å². The van der Waals surface area contributed by atoms with Crippen molar-refractivity contribution in [2.24, 2.45) is 0 Å². The van der Waals surface area contributed by atoms with E-state index < -0.39 is 0 Å². The van der Waals surface area contributed by atoms with E-state index in [0.717, 1.165) is 25.0 Å². The quantitative estimate of drug-likeness (QED) is 0.869. The SMILES string of the molecule is O=C(c1ccoc1)N1CCC2(CC1)CC(Oc1ccccc1)CO2. The first-order valence-electron chi connectivity index (χ1n) is 8.41. The van der Waals surface area contributed by atoms with Crippen LogP contribution in [-0.4, -0.2) is 42.2 Å². The number of hydrogen-bond acceptors (Lipinski definition) is 4. The van der Waals surface area contributed by atoms with Gasteiger partial charge in [-0.3, -0.25) is 4.79 Å². The summed E-state index contributed by atoms with van der Waals surface area (Å²) in [5.74, 6) is 0.921. The molecule has 0 aliphatic carbocycles. The number of ether oxygens (including phenoxy) is 2. The molecular weight excluding hydrogens is 306 g/mol. The van der Waals surface area contributed by atoms with Gasteiger partial charge in [0.05, 0.1) is 24.0 Å². The summed E-state index contributed by atoms with van der Waals surface area (Å²) in [6.45, 7) is 2.04. The van der Waals surface area contributed by atoms with Crippen molar-refractivity contribution in [1.29, 1.82) is 0 Å². The third-order valence-electron chi connectivity index (χ3n) is 4.95. The van der Waals surface area contributed by atoms with E-state index in [-0.39, 0.29) is 17.6 Å². The lowest BCUT2D eigenvalue weighted by Crippen LogP contribution is -2.46. The highest BCUT2D eigenvalue weighted by molar-refractivity contribution is 5.93. The van der Waals surface area contributed by atoms with Gasteiger partial charge in [-0.1, -0.05) is 18.2 Å². The van der Waals surface area contributed by atoms with Crippen LogP contribution >= 0.6 is 0 Å². The van der Waals surface area contributed by atoms with Crippen molar-refractivity contribution in [2.75, 3.05) is 19.7 Å². The number of hydrogen-bond donors (Lipinski definition) is 0. The van der Waals surface area contributed by atoms with E-state index in [9.17, 15) is 4.79 Å². The second-order valence-corrected chi connectivity index (χ2v) is 6.56. The molecule has 2 aromatic rings. The number of amides is 1. The molecule has 1 unspecified atom stereocenters. The molecule has 5 nitrogen and oxygen atoms in total. The average molecular weight is 327 g/mol. The first-order valence-corrected chi connectivity index (χ1v) is 8.41. The largest absolute Gasteiger partial charge is 0.488 e. The molecule has 24 heavy (non-hydrogen) atoms. The average Bonchev–Trinajstić information content (AvgIpc) is 3.27. The highest BCUT2D eigenvalue weighted by Crippen LogP contribution is 2.37. The van der Waals surface area contributed by atoms with Crippen molar-refractivity contribution in [2.45, 2.75) is 31.0 Å². The zero-order chi connectivity index (χ0) is 16.4. The van der Waals surface area contributed by atoms with Crippen LogP contribution in [0.25, 0.3) is 0 Å². The summed E-state index contributed by atoms with van der Waals surface area (Å²) in [6, 6.07) is 11.6. The molecule has 1 aromatic heterocycles. The van der Waals surface area contributed by atoms with E-state index in [1.54, 1.807) is 6.07 Å². The van der Waals surface area contributed by atoms with E-state index >= 15 is 0 Å². The summed E-state index contributed by atoms with van der Waals surface area (Å²) in [5.41, 5.74) is 0.468. The van der Waals surface area contributed by atoms with Crippen molar-refractivity contribution < 1.29 is 18.7 Å². The van der Waals surface area contributed by atoms with Crippen LogP contribution in [0.1, 0.15) is 29.6 Å². The fourth-order valence-electron chi connectivity index (χ4n) is 3.60. The lowest BCUT2D eigenvalue weighted by molar-refractivity contribution is -0.0395. The standard InChI is InChI=1S/C19H21NO4/c21-18(15-6-11-22-13-15)20-9-7-19(8-10-20)12-17(14-23-19)24-16-4-2-1-3-5-16/h1-6,11,13,17H,7-10,12,14H2. The Morgan fingerprint density at radius 2 is 1.96 bits per heavy atom. The monoisotopic (exact) mass is 327 g/mol. The topological polar surface area (TPSA) is 51.9 Å². The van der Waals surface area contributed by atoms with E-state index in [0.29, 0.717) is 25.3 Å². The van der Waals surface area contributed by atoms with Crippen LogP contribution < -0.4 is 4.74 Å². The minimum Gasteiger partial charge on any atom is -0.488 e. The number of carbonyl (C=O) groups excluding carboxylic acids is 1. The van der Waals surface area contributed by atoms with E-state index in [4.69, 9.17) is 13.9 Å². The molecule has 1 aromatic carbocycles. The molecule has 0 saturated carbocycles. The minimum absolute atomic E-state index is 0.0358. The van der Waals surface area contributed by atoms with Crippen molar-refractivity contribution in [3.05, 3.63) is 54.5 Å². The number of benzene rings is 1. The lowest BCUT2D eigenvalue weighted by Gasteiger charge is -2.38. The fourth-order valence-corrected chi connectivity index (χ4v) is 3.60. The molecule has 0 N–H and O–H groups in total. The van der Waals surface area contributed by atoms with Crippen molar-refractivity contribution in [3.63, 3.8) is 0 Å². The minimum atomic E-state index is -0.146. The van der Waals surface area contributed by atoms with Gasteiger partial charge >= 0.3 is 0 Å². The molecule has 2 aliphatic rings. The molecule has 4 rings (SSSR count). The molecule has 0 radical (unpaired) electrons. The van der Waals surface area contributed by atoms with Crippen molar-refractivity contribution >= 4 is 5.91 Å². The molecule has 1 spiro atoms. The van der Waals surface area contributed by atoms with E-state index in [2.05, 4.69) is 0 Å². The maximum absolute atomic E-state index is 12.4. The molecule has 126 valence electrons. The first-order chi connectivity index (χ1) is 11.7. The lowest BCUT2D eigenvalue weighted by atomic mass is 9.88. The van der Waals surface area contributed by atoms with Gasteiger partial charge in [-0.25, -0.2) is 0 Å². The smallest absolute Gasteiger partial charge is 0.257 e. The van der Waals surface area contributed by atoms with E-state index in [1.807, 2.05) is 35.2 Å². The van der Waals surface area contributed by atoms with Crippen LogP contribution in [0.4, 0.5) is 0 Å².